The molecule has 0 aliphatic heterocycles. The third kappa shape index (κ3) is 13.3. The number of allylic oxidation sites excluding steroid dienone is 4. The van der Waals surface area contributed by atoms with Crippen LogP contribution in [0.3, 0.4) is 0 Å². The largest absolute Gasteiger partial charge is 0.491 e. The van der Waals surface area contributed by atoms with E-state index in [0.29, 0.717) is 6.10 Å². The Morgan fingerprint density at radius 2 is 1.76 bits per heavy atom. The molecule has 1 rings (SSSR count). The molecule has 1 atom stereocenters. The molecule has 0 saturated heterocycles. The molecule has 0 heterocycles. The van der Waals surface area contributed by atoms with Gasteiger partial charge in [-0.05, 0) is 71.8 Å². The number of methoxy groups -OCH3 is 1. The van der Waals surface area contributed by atoms with Crippen LogP contribution in [0.1, 0.15) is 99.8 Å². The van der Waals surface area contributed by atoms with Crippen molar-refractivity contribution in [3.63, 3.8) is 0 Å². The summed E-state index contributed by atoms with van der Waals surface area (Å²) in [5, 5.41) is 0. The Labute approximate surface area is 187 Å². The van der Waals surface area contributed by atoms with Crippen molar-refractivity contribution in [2.75, 3.05) is 7.11 Å². The zero-order chi connectivity index (χ0) is 22.5. The normalized spacial score (nSPS) is 16.4. The summed E-state index contributed by atoms with van der Waals surface area (Å²) < 4.78 is 11.2. The van der Waals surface area contributed by atoms with Crippen LogP contribution in [0.15, 0.2) is 36.1 Å². The smallest absolute Gasteiger partial charge is 0.115 e. The maximum absolute atomic E-state index is 6.09. The summed E-state index contributed by atoms with van der Waals surface area (Å²) in [6.45, 7) is 18.7. The lowest BCUT2D eigenvalue weighted by Gasteiger charge is -2.36. The van der Waals surface area contributed by atoms with Crippen LogP contribution >= 0.6 is 12.6 Å². The molecule has 170 valence electrons. The van der Waals surface area contributed by atoms with E-state index in [2.05, 4.69) is 58.2 Å². The van der Waals surface area contributed by atoms with Crippen molar-refractivity contribution in [1.82, 2.24) is 0 Å². The second-order valence-electron chi connectivity index (χ2n) is 9.31. The lowest BCUT2D eigenvalue weighted by molar-refractivity contribution is -0.00128. The molecule has 0 radical (unpaired) electrons. The first-order valence-electron chi connectivity index (χ1n) is 11.4. The fourth-order valence-electron chi connectivity index (χ4n) is 2.52. The first kappa shape index (κ1) is 28.3. The predicted molar refractivity (Wildman–Crippen MR) is 133 cm³/mol. The van der Waals surface area contributed by atoms with Gasteiger partial charge < -0.3 is 9.47 Å². The molecule has 1 fully saturated rings. The van der Waals surface area contributed by atoms with Gasteiger partial charge in [-0.2, -0.15) is 12.6 Å². The quantitative estimate of drug-likeness (QED) is 0.182. The van der Waals surface area contributed by atoms with E-state index in [-0.39, 0.29) is 10.3 Å². The Balaban J connectivity index is 0.000000734. The lowest BCUT2D eigenvalue weighted by atomic mass is 9.93. The number of thiol groups is 1. The SMILES string of the molecule is C=C(OC(CCC)CCC1CC1)/C(C)=C\C=C/CCC.COC(C)(C)C(C)(C)S. The van der Waals surface area contributed by atoms with Crippen LogP contribution in [0.25, 0.3) is 0 Å². The molecule has 0 aromatic carbocycles. The van der Waals surface area contributed by atoms with Crippen molar-refractivity contribution >= 4 is 12.6 Å². The molecule has 1 aliphatic carbocycles. The molecule has 0 amide bonds. The minimum Gasteiger partial charge on any atom is -0.491 e. The Hall–Kier alpha value is -0.670. The minimum atomic E-state index is -0.157. The summed E-state index contributed by atoms with van der Waals surface area (Å²) in [5.74, 6) is 1.83. The molecule has 1 aliphatic rings. The molecule has 0 N–H and O–H groups in total. The van der Waals surface area contributed by atoms with Crippen molar-refractivity contribution in [2.45, 2.75) is 116 Å². The summed E-state index contributed by atoms with van der Waals surface area (Å²) in [6.07, 6.45) is 16.8. The average molecular weight is 425 g/mol. The number of unbranched alkanes of at least 4 members (excludes halogenated alkanes) is 1. The van der Waals surface area contributed by atoms with Gasteiger partial charge in [0.05, 0.1) is 11.7 Å². The maximum Gasteiger partial charge on any atom is 0.115 e. The van der Waals surface area contributed by atoms with Crippen LogP contribution in [-0.4, -0.2) is 23.6 Å². The van der Waals surface area contributed by atoms with Crippen molar-refractivity contribution < 1.29 is 9.47 Å². The van der Waals surface area contributed by atoms with Crippen molar-refractivity contribution in [1.29, 1.82) is 0 Å². The van der Waals surface area contributed by atoms with Gasteiger partial charge in [0, 0.05) is 11.9 Å². The summed E-state index contributed by atoms with van der Waals surface area (Å²) in [4.78, 5) is 0. The average Bonchev–Trinajstić information content (AvgIpc) is 3.47. The molecule has 0 aromatic rings. The molecule has 0 spiro atoms. The van der Waals surface area contributed by atoms with E-state index in [4.69, 9.17) is 9.47 Å². The van der Waals surface area contributed by atoms with E-state index in [1.165, 1.54) is 38.5 Å². The minimum absolute atomic E-state index is 0.0816. The summed E-state index contributed by atoms with van der Waals surface area (Å²) in [5.41, 5.74) is 0.987. The molecule has 2 nitrogen and oxygen atoms in total. The van der Waals surface area contributed by atoms with E-state index >= 15 is 0 Å². The molecular formula is C26H48O2S. The Morgan fingerprint density at radius 1 is 1.14 bits per heavy atom. The molecule has 3 heteroatoms. The van der Waals surface area contributed by atoms with Crippen LogP contribution in [0, 0.1) is 5.92 Å². The van der Waals surface area contributed by atoms with Gasteiger partial charge in [-0.25, -0.2) is 0 Å². The predicted octanol–water partition coefficient (Wildman–Crippen LogP) is 8.30. The molecular weight excluding hydrogens is 376 g/mol. The highest BCUT2D eigenvalue weighted by Crippen LogP contribution is 2.35. The van der Waals surface area contributed by atoms with Gasteiger partial charge in [-0.15, -0.1) is 0 Å². The van der Waals surface area contributed by atoms with Gasteiger partial charge >= 0.3 is 0 Å². The second-order valence-corrected chi connectivity index (χ2v) is 10.4. The first-order chi connectivity index (χ1) is 13.5. The summed E-state index contributed by atoms with van der Waals surface area (Å²) in [7, 11) is 1.71. The highest BCUT2D eigenvalue weighted by atomic mass is 32.1. The van der Waals surface area contributed by atoms with Gasteiger partial charge in [0.2, 0.25) is 0 Å². The maximum atomic E-state index is 6.09. The van der Waals surface area contributed by atoms with Gasteiger partial charge in [-0.3, -0.25) is 0 Å². The van der Waals surface area contributed by atoms with Gasteiger partial charge in [0.25, 0.3) is 0 Å². The number of rotatable bonds is 13. The fourth-order valence-corrected chi connectivity index (χ4v) is 2.62. The van der Waals surface area contributed by atoms with Crippen molar-refractivity contribution in [2.24, 2.45) is 5.92 Å². The van der Waals surface area contributed by atoms with Gasteiger partial charge in [0.1, 0.15) is 5.76 Å². The monoisotopic (exact) mass is 424 g/mol. The Bertz CT molecular complexity index is 507. The van der Waals surface area contributed by atoms with E-state index < -0.39 is 0 Å². The third-order valence-electron chi connectivity index (χ3n) is 5.87. The summed E-state index contributed by atoms with van der Waals surface area (Å²) >= 11 is 4.39. The van der Waals surface area contributed by atoms with E-state index in [1.807, 2.05) is 27.7 Å². The first-order valence-corrected chi connectivity index (χ1v) is 11.9. The highest BCUT2D eigenvalue weighted by Gasteiger charge is 2.33. The van der Waals surface area contributed by atoms with Crippen LogP contribution in [0.2, 0.25) is 0 Å². The highest BCUT2D eigenvalue weighted by molar-refractivity contribution is 7.81. The number of ether oxygens (including phenoxy) is 2. The van der Waals surface area contributed by atoms with Crippen molar-refractivity contribution in [3.05, 3.63) is 36.1 Å². The second kappa shape index (κ2) is 14.4. The fraction of sp³-hybridized carbons (Fsp3) is 0.769. The molecule has 29 heavy (non-hydrogen) atoms. The Morgan fingerprint density at radius 3 is 2.17 bits per heavy atom. The zero-order valence-corrected chi connectivity index (χ0v) is 21.4. The van der Waals surface area contributed by atoms with Crippen LogP contribution < -0.4 is 0 Å². The standard InChI is InChI=1S/C19H32O.C7H16OS/c1-5-7-8-9-11-16(3)17(4)20-19(10-6-2)15-14-18-12-13-18;1-6(2,8-5)7(3,4)9/h8-9,11,18-19H,4-7,10,12-15H2,1-3H3;9H,1-5H3/b9-8-,16-11-;. The third-order valence-corrected chi connectivity index (χ3v) is 6.41. The van der Waals surface area contributed by atoms with E-state index in [9.17, 15) is 0 Å². The van der Waals surface area contributed by atoms with Gasteiger partial charge in [0.15, 0.2) is 0 Å². The van der Waals surface area contributed by atoms with Crippen LogP contribution in [0.4, 0.5) is 0 Å². The number of hydrogen-bond donors (Lipinski definition) is 1. The van der Waals surface area contributed by atoms with Crippen LogP contribution in [0.5, 0.6) is 0 Å². The van der Waals surface area contributed by atoms with E-state index in [1.54, 1.807) is 7.11 Å². The topological polar surface area (TPSA) is 18.5 Å². The molecule has 1 saturated carbocycles. The lowest BCUT2D eigenvalue weighted by Crippen LogP contribution is -2.42. The van der Waals surface area contributed by atoms with Gasteiger partial charge in [-0.1, -0.05) is 64.3 Å². The number of hydrogen-bond acceptors (Lipinski definition) is 3. The van der Waals surface area contributed by atoms with Crippen LogP contribution in [-0.2, 0) is 9.47 Å². The molecule has 1 unspecified atom stereocenters. The summed E-state index contributed by atoms with van der Waals surface area (Å²) in [6, 6.07) is 0. The zero-order valence-electron chi connectivity index (χ0n) is 20.5. The Kier molecular flexibility index (Phi) is 14.0. The van der Waals surface area contributed by atoms with Crippen molar-refractivity contribution in [3.8, 4) is 0 Å². The molecule has 0 aromatic heterocycles. The van der Waals surface area contributed by atoms with E-state index in [0.717, 1.165) is 30.1 Å². The molecule has 0 bridgehead atoms.